The zero-order chi connectivity index (χ0) is 14.5. The van der Waals surface area contributed by atoms with Gasteiger partial charge in [-0.1, -0.05) is 31.9 Å². The van der Waals surface area contributed by atoms with E-state index in [9.17, 15) is 0 Å². The molecule has 2 atom stereocenters. The van der Waals surface area contributed by atoms with E-state index in [1.54, 1.807) is 6.20 Å². The van der Waals surface area contributed by atoms with Gasteiger partial charge in [0.1, 0.15) is 5.82 Å². The highest BCUT2D eigenvalue weighted by molar-refractivity contribution is 5.75. The van der Waals surface area contributed by atoms with E-state index in [0.29, 0.717) is 12.0 Å². The summed E-state index contributed by atoms with van der Waals surface area (Å²) in [5.74, 6) is 1.51. The van der Waals surface area contributed by atoms with E-state index in [1.165, 1.54) is 25.7 Å². The molecule has 1 aromatic heterocycles. The molecule has 1 fully saturated rings. The first-order valence-electron chi connectivity index (χ1n) is 7.90. The third-order valence-corrected chi connectivity index (χ3v) is 4.22. The van der Waals surface area contributed by atoms with Gasteiger partial charge < -0.3 is 10.1 Å². The standard InChI is InChI=1S/C17H23N3O/c1-13-6-2-5-9-16(13)21-11-10-18-17-12-19-14-7-3-4-8-15(14)20-17/h3-4,7-8,12-13,16H,2,5-6,9-11H2,1H3,(H,18,20)/t13-,16+/m1/s1. The normalized spacial score (nSPS) is 22.3. The van der Waals surface area contributed by atoms with Crippen LogP contribution in [-0.4, -0.2) is 29.2 Å². The molecule has 0 bridgehead atoms. The van der Waals surface area contributed by atoms with Crippen LogP contribution >= 0.6 is 0 Å². The number of anilines is 1. The molecule has 0 radical (unpaired) electrons. The fourth-order valence-corrected chi connectivity index (χ4v) is 2.96. The molecule has 1 aliphatic carbocycles. The second kappa shape index (κ2) is 6.85. The lowest BCUT2D eigenvalue weighted by Crippen LogP contribution is -2.27. The minimum Gasteiger partial charge on any atom is -0.376 e. The van der Waals surface area contributed by atoms with Gasteiger partial charge in [-0.2, -0.15) is 0 Å². The summed E-state index contributed by atoms with van der Waals surface area (Å²) in [6.45, 7) is 3.80. The molecule has 1 saturated carbocycles. The van der Waals surface area contributed by atoms with Crippen molar-refractivity contribution in [3.63, 3.8) is 0 Å². The fourth-order valence-electron chi connectivity index (χ4n) is 2.96. The third kappa shape index (κ3) is 3.70. The number of aromatic nitrogens is 2. The lowest BCUT2D eigenvalue weighted by atomic mass is 9.88. The molecule has 1 N–H and O–H groups in total. The van der Waals surface area contributed by atoms with Crippen molar-refractivity contribution < 1.29 is 4.74 Å². The van der Waals surface area contributed by atoms with Crippen LogP contribution < -0.4 is 5.32 Å². The average molecular weight is 285 g/mol. The summed E-state index contributed by atoms with van der Waals surface area (Å²) in [6.07, 6.45) is 7.38. The van der Waals surface area contributed by atoms with Crippen molar-refractivity contribution >= 4 is 16.9 Å². The maximum atomic E-state index is 5.99. The van der Waals surface area contributed by atoms with Crippen LogP contribution in [-0.2, 0) is 4.74 Å². The minimum atomic E-state index is 0.434. The van der Waals surface area contributed by atoms with Gasteiger partial charge in [-0.3, -0.25) is 4.98 Å². The first-order valence-corrected chi connectivity index (χ1v) is 7.90. The molecular formula is C17H23N3O. The quantitative estimate of drug-likeness (QED) is 0.852. The molecule has 1 aliphatic rings. The monoisotopic (exact) mass is 285 g/mol. The lowest BCUT2D eigenvalue weighted by Gasteiger charge is -2.28. The molecule has 0 spiro atoms. The van der Waals surface area contributed by atoms with Gasteiger partial charge in [0.15, 0.2) is 0 Å². The Morgan fingerprint density at radius 1 is 1.19 bits per heavy atom. The smallest absolute Gasteiger partial charge is 0.145 e. The van der Waals surface area contributed by atoms with Gasteiger partial charge in [0.25, 0.3) is 0 Å². The summed E-state index contributed by atoms with van der Waals surface area (Å²) in [5, 5.41) is 3.29. The Kier molecular flexibility index (Phi) is 4.65. The first-order chi connectivity index (χ1) is 10.3. The number of para-hydroxylation sites is 2. The van der Waals surface area contributed by atoms with E-state index in [4.69, 9.17) is 4.74 Å². The van der Waals surface area contributed by atoms with Gasteiger partial charge in [-0.15, -0.1) is 0 Å². The van der Waals surface area contributed by atoms with Crippen molar-refractivity contribution in [3.05, 3.63) is 30.5 Å². The van der Waals surface area contributed by atoms with Crippen molar-refractivity contribution in [2.45, 2.75) is 38.7 Å². The second-order valence-corrected chi connectivity index (χ2v) is 5.84. The molecule has 0 amide bonds. The van der Waals surface area contributed by atoms with Crippen LogP contribution in [0.25, 0.3) is 11.0 Å². The van der Waals surface area contributed by atoms with Crippen LogP contribution in [0.3, 0.4) is 0 Å². The van der Waals surface area contributed by atoms with Gasteiger partial charge in [0.2, 0.25) is 0 Å². The number of rotatable bonds is 5. The molecule has 21 heavy (non-hydrogen) atoms. The van der Waals surface area contributed by atoms with Crippen molar-refractivity contribution in [3.8, 4) is 0 Å². The van der Waals surface area contributed by atoms with Crippen LogP contribution in [0.2, 0.25) is 0 Å². The molecule has 0 aliphatic heterocycles. The summed E-state index contributed by atoms with van der Waals surface area (Å²) in [4.78, 5) is 8.94. The first kappa shape index (κ1) is 14.3. The summed E-state index contributed by atoms with van der Waals surface area (Å²) in [5.41, 5.74) is 1.85. The summed E-state index contributed by atoms with van der Waals surface area (Å²) >= 11 is 0. The fraction of sp³-hybridized carbons (Fsp3) is 0.529. The Balaban J connectivity index is 1.48. The zero-order valence-electron chi connectivity index (χ0n) is 12.6. The highest BCUT2D eigenvalue weighted by Gasteiger charge is 2.21. The highest BCUT2D eigenvalue weighted by Crippen LogP contribution is 2.26. The molecule has 112 valence electrons. The number of nitrogens with zero attached hydrogens (tertiary/aromatic N) is 2. The summed E-state index contributed by atoms with van der Waals surface area (Å²) in [7, 11) is 0. The van der Waals surface area contributed by atoms with Gasteiger partial charge in [0.05, 0.1) is 29.9 Å². The lowest BCUT2D eigenvalue weighted by molar-refractivity contribution is 0.000373. The van der Waals surface area contributed by atoms with Crippen LogP contribution in [0.1, 0.15) is 32.6 Å². The van der Waals surface area contributed by atoms with Crippen LogP contribution in [0.4, 0.5) is 5.82 Å². The Bertz CT molecular complexity index is 587. The van der Waals surface area contributed by atoms with Crippen molar-refractivity contribution in [2.75, 3.05) is 18.5 Å². The number of ether oxygens (including phenoxy) is 1. The Morgan fingerprint density at radius 3 is 2.86 bits per heavy atom. The maximum Gasteiger partial charge on any atom is 0.145 e. The largest absolute Gasteiger partial charge is 0.376 e. The van der Waals surface area contributed by atoms with E-state index in [2.05, 4.69) is 22.2 Å². The number of benzene rings is 1. The van der Waals surface area contributed by atoms with Crippen molar-refractivity contribution in [2.24, 2.45) is 5.92 Å². The van der Waals surface area contributed by atoms with E-state index >= 15 is 0 Å². The SMILES string of the molecule is C[C@@H]1CCCC[C@@H]1OCCNc1cnc2ccccc2n1. The maximum absolute atomic E-state index is 5.99. The molecule has 0 unspecified atom stereocenters. The molecule has 4 nitrogen and oxygen atoms in total. The van der Waals surface area contributed by atoms with Crippen molar-refractivity contribution in [1.29, 1.82) is 0 Å². The van der Waals surface area contributed by atoms with Gasteiger partial charge >= 0.3 is 0 Å². The Labute approximate surface area is 125 Å². The molecule has 0 saturated heterocycles. The number of hydrogen-bond donors (Lipinski definition) is 1. The number of hydrogen-bond acceptors (Lipinski definition) is 4. The van der Waals surface area contributed by atoms with Crippen LogP contribution in [0.5, 0.6) is 0 Å². The minimum absolute atomic E-state index is 0.434. The Hall–Kier alpha value is -1.68. The Morgan fingerprint density at radius 2 is 2.00 bits per heavy atom. The van der Waals surface area contributed by atoms with E-state index < -0.39 is 0 Å². The van der Waals surface area contributed by atoms with Crippen LogP contribution in [0.15, 0.2) is 30.5 Å². The molecule has 3 rings (SSSR count). The second-order valence-electron chi connectivity index (χ2n) is 5.84. The van der Waals surface area contributed by atoms with E-state index in [-0.39, 0.29) is 0 Å². The predicted octanol–water partition coefficient (Wildman–Crippen LogP) is 3.64. The summed E-state index contributed by atoms with van der Waals surface area (Å²) in [6, 6.07) is 7.91. The molecule has 4 heteroatoms. The van der Waals surface area contributed by atoms with Crippen molar-refractivity contribution in [1.82, 2.24) is 9.97 Å². The third-order valence-electron chi connectivity index (χ3n) is 4.22. The number of fused-ring (bicyclic) bond motifs is 1. The van der Waals surface area contributed by atoms with Gasteiger partial charge in [-0.05, 0) is 30.9 Å². The van der Waals surface area contributed by atoms with E-state index in [0.717, 1.165) is 30.0 Å². The molecular weight excluding hydrogens is 262 g/mol. The topological polar surface area (TPSA) is 47.0 Å². The molecule has 1 aromatic carbocycles. The van der Waals surface area contributed by atoms with Gasteiger partial charge in [0, 0.05) is 6.54 Å². The number of nitrogens with one attached hydrogen (secondary N) is 1. The molecule has 1 heterocycles. The van der Waals surface area contributed by atoms with Gasteiger partial charge in [-0.25, -0.2) is 4.98 Å². The molecule has 2 aromatic rings. The van der Waals surface area contributed by atoms with E-state index in [1.807, 2.05) is 24.3 Å². The van der Waals surface area contributed by atoms with Crippen LogP contribution in [0, 0.1) is 5.92 Å². The predicted molar refractivity (Wildman–Crippen MR) is 85.4 cm³/mol. The zero-order valence-corrected chi connectivity index (χ0v) is 12.6. The average Bonchev–Trinajstić information content (AvgIpc) is 2.53. The highest BCUT2D eigenvalue weighted by atomic mass is 16.5. The summed E-state index contributed by atoms with van der Waals surface area (Å²) < 4.78 is 5.99.